The van der Waals surface area contributed by atoms with Crippen LogP contribution in [0.2, 0.25) is 0 Å². The van der Waals surface area contributed by atoms with Crippen molar-refractivity contribution in [1.29, 1.82) is 0 Å². The number of hydrogen-bond donors (Lipinski definition) is 1. The minimum Gasteiger partial charge on any atom is -0.322 e. The van der Waals surface area contributed by atoms with Crippen molar-refractivity contribution in [3.05, 3.63) is 70.5 Å². The molecule has 8 heteroatoms. The number of benzene rings is 2. The molecule has 0 saturated heterocycles. The molecule has 1 aliphatic rings. The third-order valence-electron chi connectivity index (χ3n) is 6.62. The number of aryl methyl sites for hydroxylation is 1. The largest absolute Gasteiger partial charge is 0.322 e. The lowest BCUT2D eigenvalue weighted by Gasteiger charge is -2.22. The van der Waals surface area contributed by atoms with E-state index in [0.29, 0.717) is 18.2 Å². The molecule has 0 bridgehead atoms. The molecule has 1 saturated carbocycles. The predicted molar refractivity (Wildman–Crippen MR) is 135 cm³/mol. The van der Waals surface area contributed by atoms with E-state index in [4.69, 9.17) is 0 Å². The first-order valence-corrected chi connectivity index (χ1v) is 13.2. The highest BCUT2D eigenvalue weighted by Gasteiger charge is 2.20. The highest BCUT2D eigenvalue weighted by molar-refractivity contribution is 7.89. The van der Waals surface area contributed by atoms with Gasteiger partial charge in [-0.1, -0.05) is 50.3 Å². The van der Waals surface area contributed by atoms with Crippen LogP contribution in [0.3, 0.4) is 0 Å². The molecule has 1 fully saturated rings. The van der Waals surface area contributed by atoms with E-state index in [1.54, 1.807) is 10.6 Å². The summed E-state index contributed by atoms with van der Waals surface area (Å²) in [5, 5.41) is 3.58. The first kappa shape index (κ1) is 24.2. The maximum Gasteiger partial charge on any atom is 0.263 e. The zero-order valence-corrected chi connectivity index (χ0v) is 20.5. The van der Waals surface area contributed by atoms with Gasteiger partial charge in [0.25, 0.3) is 11.5 Å². The van der Waals surface area contributed by atoms with E-state index in [0.717, 1.165) is 21.6 Å². The van der Waals surface area contributed by atoms with Crippen LogP contribution in [-0.4, -0.2) is 37.3 Å². The molecule has 1 N–H and O–H groups in total. The average Bonchev–Trinajstić information content (AvgIpc) is 2.84. The van der Waals surface area contributed by atoms with E-state index in [-0.39, 0.29) is 16.0 Å². The van der Waals surface area contributed by atoms with Crippen molar-refractivity contribution in [3.8, 4) is 0 Å². The van der Waals surface area contributed by atoms with Gasteiger partial charge in [-0.05, 0) is 54.1 Å². The van der Waals surface area contributed by atoms with Crippen LogP contribution < -0.4 is 10.9 Å². The van der Waals surface area contributed by atoms with Crippen molar-refractivity contribution in [2.75, 3.05) is 19.4 Å². The van der Waals surface area contributed by atoms with Crippen LogP contribution in [0.1, 0.15) is 48.9 Å². The number of para-hydroxylation sites is 1. The quantitative estimate of drug-likeness (QED) is 0.539. The molecule has 0 spiro atoms. The molecule has 4 rings (SSSR count). The van der Waals surface area contributed by atoms with Crippen LogP contribution in [0, 0.1) is 5.92 Å². The zero-order valence-electron chi connectivity index (χ0n) is 19.7. The molecule has 0 atom stereocenters. The van der Waals surface area contributed by atoms with Crippen molar-refractivity contribution in [2.45, 2.75) is 50.0 Å². The summed E-state index contributed by atoms with van der Waals surface area (Å²) >= 11 is 0. The minimum atomic E-state index is -3.56. The van der Waals surface area contributed by atoms with Crippen LogP contribution >= 0.6 is 0 Å². The number of pyridine rings is 1. The summed E-state index contributed by atoms with van der Waals surface area (Å²) in [6.07, 6.45) is 7.11. The highest BCUT2D eigenvalue weighted by atomic mass is 32.2. The van der Waals surface area contributed by atoms with Crippen LogP contribution in [0.25, 0.3) is 10.9 Å². The van der Waals surface area contributed by atoms with E-state index in [1.165, 1.54) is 70.5 Å². The average molecular weight is 482 g/mol. The monoisotopic (exact) mass is 481 g/mol. The van der Waals surface area contributed by atoms with Gasteiger partial charge in [-0.3, -0.25) is 9.59 Å². The fraction of sp³-hybridized carbons (Fsp3) is 0.385. The van der Waals surface area contributed by atoms with Crippen molar-refractivity contribution in [2.24, 2.45) is 5.92 Å². The van der Waals surface area contributed by atoms with Crippen LogP contribution in [-0.2, 0) is 16.6 Å². The van der Waals surface area contributed by atoms with Crippen molar-refractivity contribution < 1.29 is 13.2 Å². The third-order valence-corrected chi connectivity index (χ3v) is 8.45. The number of anilines is 1. The Morgan fingerprint density at radius 1 is 1.03 bits per heavy atom. The summed E-state index contributed by atoms with van der Waals surface area (Å²) < 4.78 is 27.4. The van der Waals surface area contributed by atoms with Gasteiger partial charge in [0, 0.05) is 26.3 Å². The van der Waals surface area contributed by atoms with Gasteiger partial charge >= 0.3 is 0 Å². The Hall–Kier alpha value is -2.97. The van der Waals surface area contributed by atoms with Gasteiger partial charge in [-0.15, -0.1) is 0 Å². The molecule has 7 nitrogen and oxygen atoms in total. The minimum absolute atomic E-state index is 0.0762. The number of carbonyl (C=O) groups is 1. The van der Waals surface area contributed by atoms with Gasteiger partial charge < -0.3 is 9.88 Å². The summed E-state index contributed by atoms with van der Waals surface area (Å²) in [5.41, 5.74) is 1.02. The second-order valence-corrected chi connectivity index (χ2v) is 11.3. The number of hydrogen-bond acceptors (Lipinski definition) is 4. The maximum atomic E-state index is 13.4. The second kappa shape index (κ2) is 10.1. The number of sulfonamides is 1. The molecule has 0 unspecified atom stereocenters. The fourth-order valence-electron chi connectivity index (χ4n) is 4.62. The molecule has 1 aliphatic carbocycles. The maximum absolute atomic E-state index is 13.4. The Balaban J connectivity index is 1.60. The molecule has 2 aromatic carbocycles. The Morgan fingerprint density at radius 2 is 1.71 bits per heavy atom. The van der Waals surface area contributed by atoms with E-state index in [1.807, 2.05) is 24.3 Å². The normalized spacial score (nSPS) is 15.0. The van der Waals surface area contributed by atoms with Crippen LogP contribution in [0.4, 0.5) is 5.69 Å². The Kier molecular flexibility index (Phi) is 7.19. The Labute approximate surface area is 200 Å². The van der Waals surface area contributed by atoms with E-state index in [2.05, 4.69) is 5.32 Å². The molecule has 3 aromatic rings. The number of amides is 1. The Morgan fingerprint density at radius 3 is 2.38 bits per heavy atom. The number of carbonyl (C=O) groups excluding carboxylic acids is 1. The van der Waals surface area contributed by atoms with Gasteiger partial charge in [0.2, 0.25) is 10.0 Å². The lowest BCUT2D eigenvalue weighted by molar-refractivity contribution is 0.102. The van der Waals surface area contributed by atoms with Gasteiger partial charge in [-0.25, -0.2) is 12.7 Å². The SMILES string of the molecule is CN(C)S(=O)(=O)c1ccc(NC(=O)c2cc3ccccc3n(CCC3CCCCC3)c2=O)cc1. The standard InChI is InChI=1S/C26H31N3O4S/c1-28(2)34(32,33)22-14-12-21(13-15-22)27-25(30)23-18-20-10-6-7-11-24(20)29(26(23)31)17-16-19-8-4-3-5-9-19/h6-7,10-15,18-19H,3-5,8-9,16-17H2,1-2H3,(H,27,30). The lowest BCUT2D eigenvalue weighted by Crippen LogP contribution is -2.30. The lowest BCUT2D eigenvalue weighted by atomic mass is 9.87. The molecular weight excluding hydrogens is 450 g/mol. The molecule has 0 radical (unpaired) electrons. The number of nitrogens with one attached hydrogen (secondary N) is 1. The molecule has 0 aliphatic heterocycles. The first-order valence-electron chi connectivity index (χ1n) is 11.7. The fourth-order valence-corrected chi connectivity index (χ4v) is 5.52. The van der Waals surface area contributed by atoms with Gasteiger partial charge in [0.05, 0.1) is 10.4 Å². The summed E-state index contributed by atoms with van der Waals surface area (Å²) in [5.74, 6) is 0.110. The molecule has 34 heavy (non-hydrogen) atoms. The van der Waals surface area contributed by atoms with E-state index in [9.17, 15) is 18.0 Å². The summed E-state index contributed by atoms with van der Waals surface area (Å²) in [4.78, 5) is 26.6. The third kappa shape index (κ3) is 5.08. The Bertz CT molecular complexity index is 1340. The molecular formula is C26H31N3O4S. The van der Waals surface area contributed by atoms with Gasteiger partial charge in [-0.2, -0.15) is 0 Å². The molecule has 1 amide bonds. The van der Waals surface area contributed by atoms with Gasteiger partial charge in [0.1, 0.15) is 5.56 Å². The number of nitrogens with zero attached hydrogens (tertiary/aromatic N) is 2. The van der Waals surface area contributed by atoms with E-state index >= 15 is 0 Å². The topological polar surface area (TPSA) is 88.5 Å². The van der Waals surface area contributed by atoms with Crippen LogP contribution in [0.15, 0.2) is 64.3 Å². The number of rotatable bonds is 7. The smallest absolute Gasteiger partial charge is 0.263 e. The summed E-state index contributed by atoms with van der Waals surface area (Å²) in [6.45, 7) is 0.586. The summed E-state index contributed by atoms with van der Waals surface area (Å²) in [6, 6.07) is 15.2. The number of fused-ring (bicyclic) bond motifs is 1. The van der Waals surface area contributed by atoms with Gasteiger partial charge in [0.15, 0.2) is 0 Å². The van der Waals surface area contributed by atoms with E-state index < -0.39 is 15.9 Å². The zero-order chi connectivity index (χ0) is 24.3. The van der Waals surface area contributed by atoms with Crippen molar-refractivity contribution in [3.63, 3.8) is 0 Å². The number of aromatic nitrogens is 1. The molecule has 1 aromatic heterocycles. The summed E-state index contributed by atoms with van der Waals surface area (Å²) in [7, 11) is -0.635. The molecule has 180 valence electrons. The van der Waals surface area contributed by atoms with Crippen LogP contribution in [0.5, 0.6) is 0 Å². The predicted octanol–water partition coefficient (Wildman–Crippen LogP) is 4.47. The van der Waals surface area contributed by atoms with Crippen molar-refractivity contribution >= 4 is 32.5 Å². The first-order chi connectivity index (χ1) is 16.3. The molecule has 1 heterocycles. The van der Waals surface area contributed by atoms with Crippen molar-refractivity contribution in [1.82, 2.24) is 8.87 Å². The second-order valence-electron chi connectivity index (χ2n) is 9.13. The highest BCUT2D eigenvalue weighted by Crippen LogP contribution is 2.27.